The zero-order chi connectivity index (χ0) is 17.6. The van der Waals surface area contributed by atoms with Gasteiger partial charge in [0.25, 0.3) is 5.91 Å². The van der Waals surface area contributed by atoms with Gasteiger partial charge in [-0.2, -0.15) is 0 Å². The average molecular weight is 338 g/mol. The number of epoxide rings is 1. The number of amides is 1. The highest BCUT2D eigenvalue weighted by Gasteiger charge is 2.47. The lowest BCUT2D eigenvalue weighted by Gasteiger charge is -2.10. The Bertz CT molecular complexity index is 1010. The van der Waals surface area contributed by atoms with Crippen molar-refractivity contribution in [1.82, 2.24) is 15.0 Å². The Morgan fingerprint density at radius 2 is 2.16 bits per heavy atom. The quantitative estimate of drug-likeness (QED) is 0.626. The molecule has 2 aromatic heterocycles. The van der Waals surface area contributed by atoms with Crippen molar-refractivity contribution in [2.75, 3.05) is 11.9 Å². The maximum absolute atomic E-state index is 12.1. The van der Waals surface area contributed by atoms with E-state index >= 15 is 0 Å². The number of nitrogens with one attached hydrogen (secondary N) is 2. The van der Waals surface area contributed by atoms with Crippen molar-refractivity contribution in [3.63, 3.8) is 0 Å². The topological polar surface area (TPSA) is 121 Å². The number of carbonyl (C=O) groups is 2. The van der Waals surface area contributed by atoms with Crippen LogP contribution in [0.3, 0.4) is 0 Å². The first-order valence-electron chi connectivity index (χ1n) is 7.59. The maximum Gasteiger partial charge on any atom is 0.338 e. The Kier molecular flexibility index (Phi) is 3.29. The van der Waals surface area contributed by atoms with Crippen molar-refractivity contribution in [1.29, 1.82) is 0 Å². The molecule has 0 aliphatic carbocycles. The predicted octanol–water partition coefficient (Wildman–Crippen LogP) is 2.05. The molecule has 0 bridgehead atoms. The summed E-state index contributed by atoms with van der Waals surface area (Å²) >= 11 is 0. The molecule has 1 atom stereocenters. The van der Waals surface area contributed by atoms with Crippen LogP contribution in [0.15, 0.2) is 36.8 Å². The lowest BCUT2D eigenvalue weighted by atomic mass is 10.1. The van der Waals surface area contributed by atoms with E-state index in [2.05, 4.69) is 20.3 Å². The van der Waals surface area contributed by atoms with Gasteiger partial charge in [-0.15, -0.1) is 0 Å². The van der Waals surface area contributed by atoms with Gasteiger partial charge in [-0.3, -0.25) is 4.79 Å². The van der Waals surface area contributed by atoms with E-state index in [-0.39, 0.29) is 11.5 Å². The first-order chi connectivity index (χ1) is 12.0. The molecule has 1 aromatic carbocycles. The molecule has 25 heavy (non-hydrogen) atoms. The third kappa shape index (κ3) is 2.62. The van der Waals surface area contributed by atoms with Gasteiger partial charge in [0.1, 0.15) is 12.0 Å². The van der Waals surface area contributed by atoms with E-state index in [0.717, 1.165) is 0 Å². The molecule has 8 nitrogen and oxygen atoms in total. The molecule has 0 spiro atoms. The maximum atomic E-state index is 12.1. The molecule has 0 saturated carbocycles. The minimum Gasteiger partial charge on any atom is -0.478 e. The lowest BCUT2D eigenvalue weighted by Crippen LogP contribution is -2.28. The Morgan fingerprint density at radius 1 is 1.36 bits per heavy atom. The lowest BCUT2D eigenvalue weighted by molar-refractivity contribution is -0.120. The number of H-pyrrole nitrogens is 1. The minimum atomic E-state index is -1.06. The minimum absolute atomic E-state index is 0.0962. The van der Waals surface area contributed by atoms with E-state index in [9.17, 15) is 14.7 Å². The van der Waals surface area contributed by atoms with Crippen molar-refractivity contribution < 1.29 is 19.4 Å². The smallest absolute Gasteiger partial charge is 0.338 e. The number of aromatic amines is 1. The molecule has 1 saturated heterocycles. The average Bonchev–Trinajstić information content (AvgIpc) is 3.20. The molecule has 3 aromatic rings. The zero-order valence-corrected chi connectivity index (χ0v) is 13.2. The molecule has 1 fully saturated rings. The second-order valence-corrected chi connectivity index (χ2v) is 6.01. The van der Waals surface area contributed by atoms with Crippen molar-refractivity contribution in [2.24, 2.45) is 0 Å². The van der Waals surface area contributed by atoms with E-state index in [4.69, 9.17) is 4.74 Å². The normalized spacial score (nSPS) is 18.9. The number of hydrogen-bond acceptors (Lipinski definition) is 5. The van der Waals surface area contributed by atoms with Crippen LogP contribution in [0.2, 0.25) is 0 Å². The van der Waals surface area contributed by atoms with Crippen LogP contribution < -0.4 is 5.32 Å². The van der Waals surface area contributed by atoms with Crippen LogP contribution in [0.1, 0.15) is 17.3 Å². The highest BCUT2D eigenvalue weighted by Crippen LogP contribution is 2.31. The van der Waals surface area contributed by atoms with Crippen LogP contribution in [-0.4, -0.2) is 44.1 Å². The summed E-state index contributed by atoms with van der Waals surface area (Å²) in [7, 11) is 0. The Hall–Kier alpha value is -3.26. The van der Waals surface area contributed by atoms with Gasteiger partial charge in [-0.25, -0.2) is 14.8 Å². The third-order valence-corrected chi connectivity index (χ3v) is 4.15. The number of aromatic carboxylic acids is 1. The van der Waals surface area contributed by atoms with Crippen LogP contribution in [0.5, 0.6) is 0 Å². The molecule has 126 valence electrons. The van der Waals surface area contributed by atoms with Crippen LogP contribution in [0, 0.1) is 0 Å². The fourth-order valence-electron chi connectivity index (χ4n) is 2.60. The van der Waals surface area contributed by atoms with Gasteiger partial charge in [0.05, 0.1) is 23.3 Å². The van der Waals surface area contributed by atoms with Crippen molar-refractivity contribution in [3.05, 3.63) is 42.4 Å². The molecule has 1 unspecified atom stereocenters. The summed E-state index contributed by atoms with van der Waals surface area (Å²) in [4.78, 5) is 34.7. The van der Waals surface area contributed by atoms with Crippen molar-refractivity contribution >= 4 is 28.6 Å². The summed E-state index contributed by atoms with van der Waals surface area (Å²) < 4.78 is 5.13. The molecule has 0 radical (unpaired) electrons. The van der Waals surface area contributed by atoms with Crippen LogP contribution in [0.4, 0.5) is 5.69 Å². The Labute approximate surface area is 141 Å². The van der Waals surface area contributed by atoms with Gasteiger partial charge in [0.15, 0.2) is 5.60 Å². The summed E-state index contributed by atoms with van der Waals surface area (Å²) in [5, 5.41) is 12.6. The van der Waals surface area contributed by atoms with E-state index in [1.54, 1.807) is 31.2 Å². The number of hydrogen-bond donors (Lipinski definition) is 3. The number of nitrogens with zero attached hydrogens (tertiary/aromatic N) is 2. The third-order valence-electron chi connectivity index (χ3n) is 4.15. The van der Waals surface area contributed by atoms with E-state index in [1.807, 2.05) is 0 Å². The van der Waals surface area contributed by atoms with Crippen LogP contribution in [-0.2, 0) is 9.53 Å². The first-order valence-corrected chi connectivity index (χ1v) is 7.59. The zero-order valence-electron chi connectivity index (χ0n) is 13.2. The number of anilines is 1. The summed E-state index contributed by atoms with van der Waals surface area (Å²) in [5.41, 5.74) is 1.51. The van der Waals surface area contributed by atoms with E-state index < -0.39 is 11.6 Å². The molecule has 3 N–H and O–H groups in total. The SMILES string of the molecule is CC1(C(=O)Nc2cccc(-c3ncnc4[nH]cc(C(=O)O)c34)c2)CO1. The van der Waals surface area contributed by atoms with E-state index in [0.29, 0.717) is 34.6 Å². The molecule has 1 amide bonds. The molecule has 3 heterocycles. The number of rotatable bonds is 4. The van der Waals surface area contributed by atoms with Gasteiger partial charge in [0.2, 0.25) is 0 Å². The number of carbonyl (C=O) groups excluding carboxylic acids is 1. The predicted molar refractivity (Wildman–Crippen MR) is 89.3 cm³/mol. The van der Waals surface area contributed by atoms with Gasteiger partial charge in [0, 0.05) is 17.4 Å². The number of fused-ring (bicyclic) bond motifs is 1. The Balaban J connectivity index is 1.76. The second kappa shape index (κ2) is 5.38. The monoisotopic (exact) mass is 338 g/mol. The summed E-state index contributed by atoms with van der Waals surface area (Å²) in [6.07, 6.45) is 2.76. The fourth-order valence-corrected chi connectivity index (χ4v) is 2.60. The van der Waals surface area contributed by atoms with Gasteiger partial charge < -0.3 is 20.1 Å². The molecule has 1 aliphatic rings. The highest BCUT2D eigenvalue weighted by atomic mass is 16.6. The fraction of sp³-hybridized carbons (Fsp3) is 0.176. The van der Waals surface area contributed by atoms with Crippen LogP contribution in [0.25, 0.3) is 22.3 Å². The molecule has 1 aliphatic heterocycles. The standard InChI is InChI=1S/C17H14N4O4/c1-17(7-25-17)16(24)21-10-4-2-3-9(5-10)13-12-11(15(22)23)6-18-14(12)20-8-19-13/h2-6,8H,7H2,1H3,(H,21,24)(H,22,23)(H,18,19,20). The van der Waals surface area contributed by atoms with Crippen LogP contribution >= 0.6 is 0 Å². The first kappa shape index (κ1) is 15.3. The van der Waals surface area contributed by atoms with Crippen molar-refractivity contribution in [2.45, 2.75) is 12.5 Å². The summed E-state index contributed by atoms with van der Waals surface area (Å²) in [6.45, 7) is 2.12. The highest BCUT2D eigenvalue weighted by molar-refractivity contribution is 6.07. The number of carboxylic acid groups (broad SMARTS) is 1. The largest absolute Gasteiger partial charge is 0.478 e. The molecule has 8 heteroatoms. The molecular weight excluding hydrogens is 324 g/mol. The Morgan fingerprint density at radius 3 is 2.88 bits per heavy atom. The number of benzene rings is 1. The van der Waals surface area contributed by atoms with Gasteiger partial charge >= 0.3 is 5.97 Å². The van der Waals surface area contributed by atoms with E-state index in [1.165, 1.54) is 12.5 Å². The van der Waals surface area contributed by atoms with Gasteiger partial charge in [-0.1, -0.05) is 12.1 Å². The summed E-state index contributed by atoms with van der Waals surface area (Å²) in [5.74, 6) is -1.28. The summed E-state index contributed by atoms with van der Waals surface area (Å²) in [6, 6.07) is 7.05. The number of aromatic nitrogens is 3. The molecular formula is C17H14N4O4. The molecule has 4 rings (SSSR count). The number of carboxylic acids is 1. The van der Waals surface area contributed by atoms with Gasteiger partial charge in [-0.05, 0) is 19.1 Å². The number of ether oxygens (including phenoxy) is 1. The second-order valence-electron chi connectivity index (χ2n) is 6.01. The van der Waals surface area contributed by atoms with Crippen molar-refractivity contribution in [3.8, 4) is 11.3 Å².